The van der Waals surface area contributed by atoms with Crippen LogP contribution in [0.2, 0.25) is 0 Å². The van der Waals surface area contributed by atoms with Crippen molar-refractivity contribution in [1.82, 2.24) is 15.8 Å². The number of oxazole rings is 1. The van der Waals surface area contributed by atoms with Gasteiger partial charge in [0.05, 0.1) is 12.3 Å². The molecular formula is C26H39N3O3. The van der Waals surface area contributed by atoms with Crippen molar-refractivity contribution in [2.24, 2.45) is 5.92 Å². The molecule has 1 aromatic heterocycles. The smallest absolute Gasteiger partial charge is 0.244 e. The van der Waals surface area contributed by atoms with E-state index in [1.807, 2.05) is 30.3 Å². The van der Waals surface area contributed by atoms with E-state index < -0.39 is 0 Å². The van der Waals surface area contributed by atoms with E-state index in [2.05, 4.69) is 29.6 Å². The normalized spacial score (nSPS) is 15.7. The summed E-state index contributed by atoms with van der Waals surface area (Å²) in [5, 5.41) is 3.36. The zero-order valence-electron chi connectivity index (χ0n) is 19.6. The number of aromatic nitrogens is 1. The van der Waals surface area contributed by atoms with Gasteiger partial charge in [0.25, 0.3) is 0 Å². The molecule has 0 radical (unpaired) electrons. The van der Waals surface area contributed by atoms with Crippen LogP contribution < -0.4 is 10.8 Å². The summed E-state index contributed by atoms with van der Waals surface area (Å²) < 4.78 is 5.80. The molecule has 0 spiro atoms. The van der Waals surface area contributed by atoms with Gasteiger partial charge in [-0.2, -0.15) is 0 Å². The minimum absolute atomic E-state index is 0.0354. The first kappa shape index (κ1) is 24.5. The molecule has 176 valence electrons. The van der Waals surface area contributed by atoms with Crippen LogP contribution in [0.25, 0.3) is 0 Å². The van der Waals surface area contributed by atoms with Crippen molar-refractivity contribution in [3.8, 4) is 0 Å². The van der Waals surface area contributed by atoms with Crippen molar-refractivity contribution in [2.75, 3.05) is 0 Å². The van der Waals surface area contributed by atoms with Gasteiger partial charge < -0.3 is 9.73 Å². The first-order valence-electron chi connectivity index (χ1n) is 12.2. The molecule has 0 saturated heterocycles. The van der Waals surface area contributed by atoms with Crippen LogP contribution in [0.3, 0.4) is 0 Å². The zero-order chi connectivity index (χ0) is 22.6. The summed E-state index contributed by atoms with van der Waals surface area (Å²) in [5.41, 5.74) is 4.50. The molecule has 2 N–H and O–H groups in total. The van der Waals surface area contributed by atoms with Crippen molar-refractivity contribution in [3.05, 3.63) is 53.7 Å². The van der Waals surface area contributed by atoms with Crippen LogP contribution in [-0.4, -0.2) is 16.9 Å². The Morgan fingerprint density at radius 3 is 2.72 bits per heavy atom. The molecule has 1 atom stereocenters. The maximum absolute atomic E-state index is 12.6. The van der Waals surface area contributed by atoms with Crippen LogP contribution >= 0.6 is 0 Å². The van der Waals surface area contributed by atoms with Crippen molar-refractivity contribution in [2.45, 2.75) is 96.7 Å². The van der Waals surface area contributed by atoms with E-state index in [1.54, 1.807) is 6.26 Å². The second-order valence-corrected chi connectivity index (χ2v) is 9.35. The van der Waals surface area contributed by atoms with E-state index in [-0.39, 0.29) is 11.8 Å². The lowest BCUT2D eigenvalue weighted by Gasteiger charge is -2.22. The van der Waals surface area contributed by atoms with Gasteiger partial charge in [0, 0.05) is 24.9 Å². The Balaban J connectivity index is 1.52. The monoisotopic (exact) mass is 441 g/mol. The number of benzene rings is 1. The summed E-state index contributed by atoms with van der Waals surface area (Å²) in [7, 11) is 0. The second-order valence-electron chi connectivity index (χ2n) is 9.35. The van der Waals surface area contributed by atoms with Gasteiger partial charge in [0.15, 0.2) is 5.89 Å². The van der Waals surface area contributed by atoms with Gasteiger partial charge in [-0.1, -0.05) is 89.1 Å². The van der Waals surface area contributed by atoms with Crippen LogP contribution in [0.1, 0.15) is 94.7 Å². The van der Waals surface area contributed by atoms with E-state index >= 15 is 0 Å². The van der Waals surface area contributed by atoms with Gasteiger partial charge in [-0.3, -0.25) is 9.63 Å². The topological polar surface area (TPSA) is 76.4 Å². The molecule has 6 nitrogen and oxygen atoms in total. The Hall–Kier alpha value is -2.18. The van der Waals surface area contributed by atoms with E-state index in [4.69, 9.17) is 9.25 Å². The molecule has 1 fully saturated rings. The summed E-state index contributed by atoms with van der Waals surface area (Å²) in [6, 6.07) is 10.2. The van der Waals surface area contributed by atoms with Crippen molar-refractivity contribution >= 4 is 5.91 Å². The second kappa shape index (κ2) is 13.4. The molecule has 0 aliphatic heterocycles. The fourth-order valence-corrected chi connectivity index (χ4v) is 4.38. The number of rotatable bonds is 13. The lowest BCUT2D eigenvalue weighted by Crippen LogP contribution is -2.25. The minimum atomic E-state index is -0.136. The SMILES string of the molecule is CC(C)NCc1coc([C@H](CCCC2CCCCC2)CC(=O)NOCc2ccccc2)n1. The average Bonchev–Trinajstić information content (AvgIpc) is 3.27. The largest absolute Gasteiger partial charge is 0.448 e. The Morgan fingerprint density at radius 1 is 1.19 bits per heavy atom. The molecule has 1 saturated carbocycles. The maximum Gasteiger partial charge on any atom is 0.244 e. The fourth-order valence-electron chi connectivity index (χ4n) is 4.38. The molecule has 1 aliphatic rings. The molecule has 32 heavy (non-hydrogen) atoms. The third-order valence-corrected chi connectivity index (χ3v) is 6.20. The first-order chi connectivity index (χ1) is 15.6. The highest BCUT2D eigenvalue weighted by Crippen LogP contribution is 2.31. The predicted octanol–water partition coefficient (Wildman–Crippen LogP) is 5.64. The van der Waals surface area contributed by atoms with E-state index in [0.29, 0.717) is 31.5 Å². The van der Waals surface area contributed by atoms with Crippen LogP contribution in [0, 0.1) is 5.92 Å². The number of carbonyl (C=O) groups excluding carboxylic acids is 1. The summed E-state index contributed by atoms with van der Waals surface area (Å²) in [6.07, 6.45) is 12.1. The Labute approximate surface area is 192 Å². The summed E-state index contributed by atoms with van der Waals surface area (Å²) in [4.78, 5) is 22.7. The number of nitrogens with one attached hydrogen (secondary N) is 2. The number of hydroxylamine groups is 1. The minimum Gasteiger partial charge on any atom is -0.448 e. The number of hydrogen-bond acceptors (Lipinski definition) is 5. The summed E-state index contributed by atoms with van der Waals surface area (Å²) >= 11 is 0. The quantitative estimate of drug-likeness (QED) is 0.393. The molecule has 2 aromatic rings. The molecule has 1 aliphatic carbocycles. The Kier molecular flexibility index (Phi) is 10.2. The number of amides is 1. The van der Waals surface area contributed by atoms with Gasteiger partial charge in [0.1, 0.15) is 6.26 Å². The van der Waals surface area contributed by atoms with Crippen molar-refractivity contribution in [3.63, 3.8) is 0 Å². The average molecular weight is 442 g/mol. The van der Waals surface area contributed by atoms with Crippen molar-refractivity contribution in [1.29, 1.82) is 0 Å². The maximum atomic E-state index is 12.6. The molecule has 6 heteroatoms. The number of nitrogens with zero attached hydrogens (tertiary/aromatic N) is 1. The summed E-state index contributed by atoms with van der Waals surface area (Å²) in [5.74, 6) is 1.32. The highest BCUT2D eigenvalue weighted by molar-refractivity contribution is 5.75. The van der Waals surface area contributed by atoms with Crippen LogP contribution in [-0.2, 0) is 22.8 Å². The first-order valence-corrected chi connectivity index (χ1v) is 12.2. The molecule has 0 unspecified atom stereocenters. The lowest BCUT2D eigenvalue weighted by molar-refractivity contribution is -0.135. The number of hydrogen-bond donors (Lipinski definition) is 2. The molecule has 3 rings (SSSR count). The van der Waals surface area contributed by atoms with Gasteiger partial charge in [-0.05, 0) is 17.9 Å². The molecule has 0 bridgehead atoms. The Bertz CT molecular complexity index is 785. The molecular weight excluding hydrogens is 402 g/mol. The van der Waals surface area contributed by atoms with E-state index in [0.717, 1.165) is 30.0 Å². The highest BCUT2D eigenvalue weighted by atomic mass is 16.6. The van der Waals surface area contributed by atoms with E-state index in [1.165, 1.54) is 38.5 Å². The molecule has 1 aromatic carbocycles. The summed E-state index contributed by atoms with van der Waals surface area (Å²) in [6.45, 7) is 5.23. The third kappa shape index (κ3) is 8.75. The van der Waals surface area contributed by atoms with Gasteiger partial charge >= 0.3 is 0 Å². The number of carbonyl (C=O) groups is 1. The van der Waals surface area contributed by atoms with E-state index in [9.17, 15) is 4.79 Å². The van der Waals surface area contributed by atoms with Gasteiger partial charge in [-0.25, -0.2) is 10.5 Å². The third-order valence-electron chi connectivity index (χ3n) is 6.20. The van der Waals surface area contributed by atoms with Crippen LogP contribution in [0.4, 0.5) is 0 Å². The lowest BCUT2D eigenvalue weighted by atomic mass is 9.84. The Morgan fingerprint density at radius 2 is 1.97 bits per heavy atom. The van der Waals surface area contributed by atoms with Crippen molar-refractivity contribution < 1.29 is 14.0 Å². The van der Waals surface area contributed by atoms with Gasteiger partial charge in [-0.15, -0.1) is 0 Å². The standard InChI is InChI=1S/C26H39N3O3/c1-20(2)27-17-24-19-31-26(28-24)23(15-9-14-21-10-5-3-6-11-21)16-25(30)29-32-18-22-12-7-4-8-13-22/h4,7-8,12-13,19-21,23,27H,3,5-6,9-11,14-18H2,1-2H3,(H,29,30)/t23-/m1/s1. The molecule has 1 heterocycles. The fraction of sp³-hybridized carbons (Fsp3) is 0.615. The molecule has 1 amide bonds. The van der Waals surface area contributed by atoms with Crippen LogP contribution in [0.15, 0.2) is 41.0 Å². The highest BCUT2D eigenvalue weighted by Gasteiger charge is 2.22. The van der Waals surface area contributed by atoms with Crippen LogP contribution in [0.5, 0.6) is 0 Å². The zero-order valence-corrected chi connectivity index (χ0v) is 19.6. The van der Waals surface area contributed by atoms with Gasteiger partial charge in [0.2, 0.25) is 5.91 Å². The predicted molar refractivity (Wildman–Crippen MR) is 126 cm³/mol.